The zero-order chi connectivity index (χ0) is 16.3. The third-order valence-corrected chi connectivity index (χ3v) is 4.43. The highest BCUT2D eigenvalue weighted by atomic mass is 16.5. The molecule has 1 atom stereocenters. The van der Waals surface area contributed by atoms with Gasteiger partial charge in [0.05, 0.1) is 19.6 Å². The molecule has 1 aromatic carbocycles. The zero-order valence-electron chi connectivity index (χ0n) is 13.8. The predicted octanol–water partition coefficient (Wildman–Crippen LogP) is 1.83. The van der Waals surface area contributed by atoms with E-state index in [4.69, 9.17) is 15.2 Å². The summed E-state index contributed by atoms with van der Waals surface area (Å²) in [6, 6.07) is 5.65. The van der Waals surface area contributed by atoms with Crippen molar-refractivity contribution in [3.05, 3.63) is 23.8 Å². The fourth-order valence-electron chi connectivity index (χ4n) is 2.57. The van der Waals surface area contributed by atoms with Crippen LogP contribution in [0.3, 0.4) is 0 Å². The van der Waals surface area contributed by atoms with E-state index >= 15 is 0 Å². The van der Waals surface area contributed by atoms with Crippen LogP contribution in [0.5, 0.6) is 11.5 Å². The van der Waals surface area contributed by atoms with E-state index in [9.17, 15) is 4.79 Å². The highest BCUT2D eigenvalue weighted by Gasteiger charge is 2.36. The van der Waals surface area contributed by atoms with Crippen LogP contribution in [0.4, 0.5) is 0 Å². The maximum absolute atomic E-state index is 12.7. The molecule has 0 aromatic heterocycles. The molecule has 22 heavy (non-hydrogen) atoms. The van der Waals surface area contributed by atoms with E-state index in [1.165, 1.54) is 0 Å². The van der Waals surface area contributed by atoms with E-state index in [1.807, 2.05) is 32.0 Å². The quantitative estimate of drug-likeness (QED) is 0.806. The van der Waals surface area contributed by atoms with Crippen molar-refractivity contribution >= 4 is 5.91 Å². The lowest BCUT2D eigenvalue weighted by atomic mass is 9.83. The molecule has 1 saturated carbocycles. The van der Waals surface area contributed by atoms with Crippen LogP contribution in [-0.4, -0.2) is 32.7 Å². The van der Waals surface area contributed by atoms with Crippen LogP contribution in [-0.2, 0) is 10.2 Å². The Bertz CT molecular complexity index is 539. The number of hydrogen-bond donors (Lipinski definition) is 2. The number of carbonyl (C=O) groups is 1. The van der Waals surface area contributed by atoms with Gasteiger partial charge in [0, 0.05) is 12.6 Å². The number of amides is 1. The molecule has 1 unspecified atom stereocenters. The molecule has 0 bridgehead atoms. The molecule has 1 aliphatic carbocycles. The summed E-state index contributed by atoms with van der Waals surface area (Å²) in [6.07, 6.45) is 2.30. The number of ether oxygens (including phenoxy) is 2. The summed E-state index contributed by atoms with van der Waals surface area (Å²) in [5.41, 5.74) is 5.99. The maximum atomic E-state index is 12.7. The smallest absolute Gasteiger partial charge is 0.230 e. The molecule has 1 aromatic rings. The van der Waals surface area contributed by atoms with Crippen LogP contribution in [0, 0.1) is 5.92 Å². The van der Waals surface area contributed by atoms with E-state index in [0.717, 1.165) is 18.4 Å². The standard InChI is InChI=1S/C17H26N2O3/c1-17(2,16(20)19-13(10-18)11-5-6-11)12-7-8-14(21-3)15(9-12)22-4/h7-9,11,13H,5-6,10,18H2,1-4H3,(H,19,20). The van der Waals surface area contributed by atoms with Crippen LogP contribution < -0.4 is 20.5 Å². The van der Waals surface area contributed by atoms with Crippen LogP contribution in [0.25, 0.3) is 0 Å². The van der Waals surface area contributed by atoms with Crippen LogP contribution in [0.2, 0.25) is 0 Å². The second-order valence-electron chi connectivity index (χ2n) is 6.35. The minimum absolute atomic E-state index is 0.0120. The first-order valence-electron chi connectivity index (χ1n) is 7.67. The van der Waals surface area contributed by atoms with Crippen molar-refractivity contribution in [1.29, 1.82) is 0 Å². The number of nitrogens with two attached hydrogens (primary N) is 1. The summed E-state index contributed by atoms with van der Waals surface area (Å²) in [7, 11) is 3.18. The fraction of sp³-hybridized carbons (Fsp3) is 0.588. The average Bonchev–Trinajstić information content (AvgIpc) is 3.36. The highest BCUT2D eigenvalue weighted by Crippen LogP contribution is 2.35. The third-order valence-electron chi connectivity index (χ3n) is 4.43. The normalized spacial score (nSPS) is 16.0. The van der Waals surface area contributed by atoms with Crippen molar-refractivity contribution in [3.8, 4) is 11.5 Å². The molecule has 2 rings (SSSR count). The van der Waals surface area contributed by atoms with Gasteiger partial charge in [-0.2, -0.15) is 0 Å². The fourth-order valence-corrected chi connectivity index (χ4v) is 2.57. The summed E-state index contributed by atoms with van der Waals surface area (Å²) < 4.78 is 10.6. The number of benzene rings is 1. The monoisotopic (exact) mass is 306 g/mol. The zero-order valence-corrected chi connectivity index (χ0v) is 13.8. The molecule has 0 aliphatic heterocycles. The molecule has 0 radical (unpaired) electrons. The number of methoxy groups -OCH3 is 2. The first-order chi connectivity index (χ1) is 10.4. The number of carbonyl (C=O) groups excluding carboxylic acids is 1. The van der Waals surface area contributed by atoms with Crippen molar-refractivity contribution in [3.63, 3.8) is 0 Å². The molecular weight excluding hydrogens is 280 g/mol. The van der Waals surface area contributed by atoms with Crippen molar-refractivity contribution in [1.82, 2.24) is 5.32 Å². The van der Waals surface area contributed by atoms with E-state index < -0.39 is 5.41 Å². The Kier molecular flexibility index (Phi) is 4.96. The third kappa shape index (κ3) is 3.35. The first kappa shape index (κ1) is 16.6. The van der Waals surface area contributed by atoms with E-state index in [0.29, 0.717) is 24.0 Å². The molecule has 1 aliphatic rings. The Morgan fingerprint density at radius 3 is 2.45 bits per heavy atom. The highest BCUT2D eigenvalue weighted by molar-refractivity contribution is 5.87. The molecule has 5 nitrogen and oxygen atoms in total. The summed E-state index contributed by atoms with van der Waals surface area (Å²) in [5, 5.41) is 3.10. The van der Waals surface area contributed by atoms with E-state index in [-0.39, 0.29) is 11.9 Å². The van der Waals surface area contributed by atoms with E-state index in [2.05, 4.69) is 5.32 Å². The van der Waals surface area contributed by atoms with Crippen LogP contribution in [0.1, 0.15) is 32.3 Å². The van der Waals surface area contributed by atoms with Crippen LogP contribution >= 0.6 is 0 Å². The van der Waals surface area contributed by atoms with Gasteiger partial charge < -0.3 is 20.5 Å². The lowest BCUT2D eigenvalue weighted by molar-refractivity contribution is -0.126. The molecular formula is C17H26N2O3. The van der Waals surface area contributed by atoms with Crippen molar-refractivity contribution in [2.24, 2.45) is 11.7 Å². The Labute approximate surface area is 132 Å². The first-order valence-corrected chi connectivity index (χ1v) is 7.67. The summed E-state index contributed by atoms with van der Waals surface area (Å²) >= 11 is 0. The van der Waals surface area contributed by atoms with Gasteiger partial charge in [-0.15, -0.1) is 0 Å². The van der Waals surface area contributed by atoms with Gasteiger partial charge in [0.2, 0.25) is 5.91 Å². The van der Waals surface area contributed by atoms with Gasteiger partial charge in [-0.1, -0.05) is 6.07 Å². The summed E-state index contributed by atoms with van der Waals surface area (Å²) in [4.78, 5) is 12.7. The minimum atomic E-state index is -0.665. The lowest BCUT2D eigenvalue weighted by Crippen LogP contribution is -2.48. The lowest BCUT2D eigenvalue weighted by Gasteiger charge is -2.28. The van der Waals surface area contributed by atoms with Gasteiger partial charge in [0.15, 0.2) is 11.5 Å². The van der Waals surface area contributed by atoms with Gasteiger partial charge in [-0.3, -0.25) is 4.79 Å². The second-order valence-corrected chi connectivity index (χ2v) is 6.35. The molecule has 0 heterocycles. The Balaban J connectivity index is 2.19. The Hall–Kier alpha value is -1.75. The molecule has 122 valence electrons. The van der Waals surface area contributed by atoms with Crippen molar-refractivity contribution in [2.45, 2.75) is 38.1 Å². The number of rotatable bonds is 7. The summed E-state index contributed by atoms with van der Waals surface area (Å²) in [6.45, 7) is 4.30. The minimum Gasteiger partial charge on any atom is -0.493 e. The number of nitrogens with one attached hydrogen (secondary N) is 1. The van der Waals surface area contributed by atoms with Gasteiger partial charge >= 0.3 is 0 Å². The molecule has 0 spiro atoms. The Morgan fingerprint density at radius 2 is 1.95 bits per heavy atom. The Morgan fingerprint density at radius 1 is 1.32 bits per heavy atom. The molecule has 1 amide bonds. The SMILES string of the molecule is COc1ccc(C(C)(C)C(=O)NC(CN)C2CC2)cc1OC. The largest absolute Gasteiger partial charge is 0.493 e. The molecule has 3 N–H and O–H groups in total. The van der Waals surface area contributed by atoms with Gasteiger partial charge in [-0.25, -0.2) is 0 Å². The van der Waals surface area contributed by atoms with Gasteiger partial charge in [0.25, 0.3) is 0 Å². The summed E-state index contributed by atoms with van der Waals surface area (Å²) in [5.74, 6) is 1.80. The van der Waals surface area contributed by atoms with E-state index in [1.54, 1.807) is 14.2 Å². The molecule has 0 saturated heterocycles. The number of hydrogen-bond acceptors (Lipinski definition) is 4. The van der Waals surface area contributed by atoms with Gasteiger partial charge in [0.1, 0.15) is 0 Å². The van der Waals surface area contributed by atoms with Crippen molar-refractivity contribution in [2.75, 3.05) is 20.8 Å². The van der Waals surface area contributed by atoms with Gasteiger partial charge in [-0.05, 0) is 50.3 Å². The topological polar surface area (TPSA) is 73.6 Å². The van der Waals surface area contributed by atoms with Crippen molar-refractivity contribution < 1.29 is 14.3 Å². The maximum Gasteiger partial charge on any atom is 0.230 e. The van der Waals surface area contributed by atoms with Crippen LogP contribution in [0.15, 0.2) is 18.2 Å². The average molecular weight is 306 g/mol. The second kappa shape index (κ2) is 6.57. The molecule has 5 heteroatoms. The molecule has 1 fully saturated rings. The predicted molar refractivity (Wildman–Crippen MR) is 86.3 cm³/mol.